The van der Waals surface area contributed by atoms with Crippen molar-refractivity contribution in [3.8, 4) is 17.1 Å². The van der Waals surface area contributed by atoms with Crippen LogP contribution in [-0.4, -0.2) is 33.8 Å². The quantitative estimate of drug-likeness (QED) is 0.692. The van der Waals surface area contributed by atoms with Crippen molar-refractivity contribution in [2.75, 3.05) is 18.6 Å². The monoisotopic (exact) mass is 311 g/mol. The van der Waals surface area contributed by atoms with Crippen LogP contribution in [0.25, 0.3) is 11.3 Å². The first-order valence-electron chi connectivity index (χ1n) is 7.29. The number of anilines is 1. The van der Waals surface area contributed by atoms with Gasteiger partial charge in [0.15, 0.2) is 5.76 Å². The van der Waals surface area contributed by atoms with Gasteiger partial charge in [-0.3, -0.25) is 4.98 Å². The highest BCUT2D eigenvalue weighted by molar-refractivity contribution is 5.57. The molecule has 0 aliphatic rings. The number of aromatic nitrogens is 4. The Balaban J connectivity index is 1.72. The molecule has 0 aliphatic heterocycles. The third-order valence-corrected chi connectivity index (χ3v) is 3.18. The van der Waals surface area contributed by atoms with E-state index >= 15 is 0 Å². The number of rotatable bonds is 6. The van der Waals surface area contributed by atoms with Crippen molar-refractivity contribution in [1.82, 2.24) is 20.1 Å². The largest absolute Gasteiger partial charge is 0.478 e. The molecule has 0 aliphatic carbocycles. The molecule has 0 bridgehead atoms. The minimum absolute atomic E-state index is 0.508. The van der Waals surface area contributed by atoms with E-state index in [4.69, 9.17) is 9.26 Å². The fourth-order valence-corrected chi connectivity index (χ4v) is 2.10. The minimum Gasteiger partial charge on any atom is -0.478 e. The van der Waals surface area contributed by atoms with E-state index < -0.39 is 0 Å². The van der Waals surface area contributed by atoms with E-state index in [1.165, 1.54) is 0 Å². The first-order chi connectivity index (χ1) is 11.3. The molecule has 0 radical (unpaired) electrons. The molecule has 0 saturated carbocycles. The molecule has 0 spiro atoms. The summed E-state index contributed by atoms with van der Waals surface area (Å²) in [5.74, 6) is 1.85. The Labute approximate surface area is 134 Å². The molecule has 23 heavy (non-hydrogen) atoms. The van der Waals surface area contributed by atoms with Crippen LogP contribution in [0, 0.1) is 0 Å². The highest BCUT2D eigenvalue weighted by Gasteiger charge is 2.11. The topological polar surface area (TPSA) is 77.2 Å². The highest BCUT2D eigenvalue weighted by atomic mass is 16.5. The van der Waals surface area contributed by atoms with Crippen molar-refractivity contribution in [3.63, 3.8) is 0 Å². The van der Waals surface area contributed by atoms with Gasteiger partial charge in [0.05, 0.1) is 13.2 Å². The number of nitrogens with zero attached hydrogens (tertiary/aromatic N) is 5. The average molecular weight is 311 g/mol. The van der Waals surface area contributed by atoms with E-state index in [9.17, 15) is 0 Å². The van der Waals surface area contributed by atoms with E-state index in [1.54, 1.807) is 24.7 Å². The van der Waals surface area contributed by atoms with Crippen molar-refractivity contribution in [1.29, 1.82) is 0 Å². The van der Waals surface area contributed by atoms with Crippen LogP contribution in [0.4, 0.5) is 5.95 Å². The number of pyridine rings is 1. The van der Waals surface area contributed by atoms with Gasteiger partial charge in [-0.25, -0.2) is 4.98 Å². The predicted molar refractivity (Wildman–Crippen MR) is 85.0 cm³/mol. The van der Waals surface area contributed by atoms with Gasteiger partial charge >= 0.3 is 0 Å². The molecule has 7 heteroatoms. The van der Waals surface area contributed by atoms with Crippen LogP contribution >= 0.6 is 0 Å². The lowest BCUT2D eigenvalue weighted by molar-refractivity contribution is 0.326. The van der Waals surface area contributed by atoms with Gasteiger partial charge in [0.2, 0.25) is 11.8 Å². The molecular formula is C16H17N5O2. The average Bonchev–Trinajstić information content (AvgIpc) is 3.05. The first kappa shape index (κ1) is 15.0. The van der Waals surface area contributed by atoms with Gasteiger partial charge in [0, 0.05) is 43.3 Å². The van der Waals surface area contributed by atoms with Crippen LogP contribution in [0.5, 0.6) is 5.88 Å². The molecule has 3 heterocycles. The summed E-state index contributed by atoms with van der Waals surface area (Å²) < 4.78 is 10.8. The standard InChI is InChI=1S/C16H17N5O2/c1-3-22-15-6-9-18-16(19-15)21(2)11-13-10-14(20-23-13)12-4-7-17-8-5-12/h4-10H,3,11H2,1-2H3. The lowest BCUT2D eigenvalue weighted by Crippen LogP contribution is -2.18. The van der Waals surface area contributed by atoms with E-state index in [2.05, 4.69) is 20.1 Å². The smallest absolute Gasteiger partial charge is 0.228 e. The molecule has 0 atom stereocenters. The van der Waals surface area contributed by atoms with Crippen molar-refractivity contribution in [2.45, 2.75) is 13.5 Å². The Morgan fingerprint density at radius 2 is 2.00 bits per heavy atom. The van der Waals surface area contributed by atoms with Gasteiger partial charge in [-0.15, -0.1) is 0 Å². The maximum Gasteiger partial charge on any atom is 0.228 e. The van der Waals surface area contributed by atoms with E-state index in [0.717, 1.165) is 17.0 Å². The van der Waals surface area contributed by atoms with Crippen LogP contribution in [0.2, 0.25) is 0 Å². The molecular weight excluding hydrogens is 294 g/mol. The molecule has 3 rings (SSSR count). The zero-order chi connectivity index (χ0) is 16.1. The molecule has 0 saturated heterocycles. The predicted octanol–water partition coefficient (Wildman–Crippen LogP) is 2.56. The summed E-state index contributed by atoms with van der Waals surface area (Å²) in [6.07, 6.45) is 5.12. The summed E-state index contributed by atoms with van der Waals surface area (Å²) in [6, 6.07) is 7.41. The Kier molecular flexibility index (Phi) is 4.46. The number of hydrogen-bond donors (Lipinski definition) is 0. The second-order valence-electron chi connectivity index (χ2n) is 4.90. The van der Waals surface area contributed by atoms with Crippen molar-refractivity contribution >= 4 is 5.95 Å². The molecule has 3 aromatic rings. The second kappa shape index (κ2) is 6.87. The normalized spacial score (nSPS) is 10.5. The van der Waals surface area contributed by atoms with Crippen LogP contribution in [0.3, 0.4) is 0 Å². The Morgan fingerprint density at radius 1 is 1.17 bits per heavy atom. The van der Waals surface area contributed by atoms with Gasteiger partial charge < -0.3 is 14.2 Å². The molecule has 118 valence electrons. The lowest BCUT2D eigenvalue weighted by atomic mass is 10.2. The maximum atomic E-state index is 5.39. The Hall–Kier alpha value is -2.96. The summed E-state index contributed by atoms with van der Waals surface area (Å²) in [7, 11) is 1.89. The van der Waals surface area contributed by atoms with Crippen LogP contribution in [-0.2, 0) is 6.54 Å². The summed E-state index contributed by atoms with van der Waals surface area (Å²) in [5, 5.41) is 4.09. The molecule has 7 nitrogen and oxygen atoms in total. The van der Waals surface area contributed by atoms with Crippen molar-refractivity contribution in [3.05, 3.63) is 48.6 Å². The highest BCUT2D eigenvalue weighted by Crippen LogP contribution is 2.20. The second-order valence-corrected chi connectivity index (χ2v) is 4.90. The van der Waals surface area contributed by atoms with Gasteiger partial charge in [0.1, 0.15) is 5.69 Å². The van der Waals surface area contributed by atoms with Crippen LogP contribution in [0.1, 0.15) is 12.7 Å². The van der Waals surface area contributed by atoms with Crippen molar-refractivity contribution in [2.24, 2.45) is 0 Å². The summed E-state index contributed by atoms with van der Waals surface area (Å²) in [4.78, 5) is 14.5. The van der Waals surface area contributed by atoms with Crippen molar-refractivity contribution < 1.29 is 9.26 Å². The number of ether oxygens (including phenoxy) is 1. The third-order valence-electron chi connectivity index (χ3n) is 3.18. The summed E-state index contributed by atoms with van der Waals surface area (Å²) in [6.45, 7) is 2.99. The third kappa shape index (κ3) is 3.63. The molecule has 0 N–H and O–H groups in total. The van der Waals surface area contributed by atoms with Gasteiger partial charge in [-0.1, -0.05) is 5.16 Å². The fraction of sp³-hybridized carbons (Fsp3) is 0.250. The van der Waals surface area contributed by atoms with Crippen LogP contribution < -0.4 is 9.64 Å². The first-order valence-corrected chi connectivity index (χ1v) is 7.29. The SMILES string of the molecule is CCOc1ccnc(N(C)Cc2cc(-c3ccncc3)no2)n1. The molecule has 3 aromatic heterocycles. The minimum atomic E-state index is 0.508. The maximum absolute atomic E-state index is 5.39. The Bertz CT molecular complexity index is 760. The van der Waals surface area contributed by atoms with E-state index in [-0.39, 0.29) is 0 Å². The zero-order valence-electron chi connectivity index (χ0n) is 13.0. The molecule has 0 unspecified atom stereocenters. The lowest BCUT2D eigenvalue weighted by Gasteiger charge is -2.15. The fourth-order valence-electron chi connectivity index (χ4n) is 2.10. The Morgan fingerprint density at radius 3 is 2.78 bits per heavy atom. The summed E-state index contributed by atoms with van der Waals surface area (Å²) >= 11 is 0. The van der Waals surface area contributed by atoms with Gasteiger partial charge in [-0.05, 0) is 19.1 Å². The van der Waals surface area contributed by atoms with E-state index in [0.29, 0.717) is 25.0 Å². The van der Waals surface area contributed by atoms with Gasteiger partial charge in [0.25, 0.3) is 0 Å². The van der Waals surface area contributed by atoms with Crippen LogP contribution in [0.15, 0.2) is 47.4 Å². The number of hydrogen-bond acceptors (Lipinski definition) is 7. The summed E-state index contributed by atoms with van der Waals surface area (Å²) in [5.41, 5.74) is 1.74. The zero-order valence-corrected chi connectivity index (χ0v) is 13.0. The van der Waals surface area contributed by atoms with E-state index in [1.807, 2.05) is 37.1 Å². The molecule has 0 fully saturated rings. The molecule has 0 amide bonds. The molecule has 0 aromatic carbocycles. The van der Waals surface area contributed by atoms with Gasteiger partial charge in [-0.2, -0.15) is 4.98 Å².